The molecule has 1 heterocycles. The van der Waals surface area contributed by atoms with Crippen molar-refractivity contribution in [3.63, 3.8) is 0 Å². The molecule has 30 heavy (non-hydrogen) atoms. The maximum Gasteiger partial charge on any atom is 0.325 e. The van der Waals surface area contributed by atoms with E-state index in [4.69, 9.17) is 5.73 Å². The van der Waals surface area contributed by atoms with Crippen LogP contribution in [0.1, 0.15) is 57.2 Å². The second kappa shape index (κ2) is 7.40. The molecule has 2 aliphatic rings. The van der Waals surface area contributed by atoms with Crippen molar-refractivity contribution in [2.24, 2.45) is 5.73 Å². The van der Waals surface area contributed by atoms with Crippen LogP contribution < -0.4 is 11.1 Å². The number of carbonyl (C=O) groups excluding carboxylic acids is 4. The van der Waals surface area contributed by atoms with Crippen LogP contribution in [-0.4, -0.2) is 35.1 Å². The molecule has 0 saturated carbocycles. The number of carbonyl (C=O) groups is 4. The van der Waals surface area contributed by atoms with E-state index in [1.807, 2.05) is 12.1 Å². The topological polar surface area (TPSA) is 110 Å². The Morgan fingerprint density at radius 1 is 1.03 bits per heavy atom. The normalized spacial score (nSPS) is 20.6. The van der Waals surface area contributed by atoms with Gasteiger partial charge in [-0.2, -0.15) is 0 Å². The van der Waals surface area contributed by atoms with Crippen LogP contribution in [0.25, 0.3) is 0 Å². The highest BCUT2D eigenvalue weighted by Gasteiger charge is 2.49. The van der Waals surface area contributed by atoms with Gasteiger partial charge in [-0.05, 0) is 67.5 Å². The molecule has 7 nitrogen and oxygen atoms in total. The van der Waals surface area contributed by atoms with E-state index in [1.54, 1.807) is 25.1 Å². The third-order valence-corrected chi connectivity index (χ3v) is 5.97. The Morgan fingerprint density at radius 2 is 1.77 bits per heavy atom. The number of Topliss-reactive ketones (excluding diaryl/α,β-unsaturated/α-hetero) is 1. The molecule has 0 bridgehead atoms. The molecule has 0 radical (unpaired) electrons. The third kappa shape index (κ3) is 3.36. The molecule has 1 unspecified atom stereocenters. The van der Waals surface area contributed by atoms with Crippen molar-refractivity contribution in [3.05, 3.63) is 70.3 Å². The first-order chi connectivity index (χ1) is 14.3. The number of benzene rings is 2. The minimum atomic E-state index is -1.38. The summed E-state index contributed by atoms with van der Waals surface area (Å²) in [4.78, 5) is 50.9. The average molecular weight is 405 g/mol. The molecule has 4 rings (SSSR count). The summed E-state index contributed by atoms with van der Waals surface area (Å²) in [6, 6.07) is 11.2. The van der Waals surface area contributed by atoms with Gasteiger partial charge in [0.25, 0.3) is 5.91 Å². The first kappa shape index (κ1) is 19.8. The molecule has 3 N–H and O–H groups in total. The summed E-state index contributed by atoms with van der Waals surface area (Å²) in [5, 5.41) is 2.65. The zero-order valence-electron chi connectivity index (χ0n) is 16.7. The Bertz CT molecular complexity index is 1080. The molecule has 1 aliphatic carbocycles. The van der Waals surface area contributed by atoms with Gasteiger partial charge in [0.15, 0.2) is 5.78 Å². The molecule has 1 saturated heterocycles. The number of nitrogens with two attached hydrogens (primary N) is 1. The minimum Gasteiger partial charge on any atom is -0.366 e. The van der Waals surface area contributed by atoms with E-state index < -0.39 is 23.4 Å². The van der Waals surface area contributed by atoms with Crippen molar-refractivity contribution in [3.8, 4) is 0 Å². The lowest BCUT2D eigenvalue weighted by molar-refractivity contribution is -0.130. The molecule has 1 fully saturated rings. The van der Waals surface area contributed by atoms with Gasteiger partial charge in [-0.15, -0.1) is 0 Å². The Hall–Kier alpha value is -3.48. The number of rotatable bonds is 5. The van der Waals surface area contributed by atoms with Crippen molar-refractivity contribution < 1.29 is 19.2 Å². The van der Waals surface area contributed by atoms with Crippen LogP contribution in [0.3, 0.4) is 0 Å². The van der Waals surface area contributed by atoms with E-state index in [-0.39, 0.29) is 17.9 Å². The van der Waals surface area contributed by atoms with E-state index in [9.17, 15) is 19.2 Å². The Morgan fingerprint density at radius 3 is 2.50 bits per heavy atom. The fourth-order valence-corrected chi connectivity index (χ4v) is 4.16. The summed E-state index contributed by atoms with van der Waals surface area (Å²) >= 11 is 0. The van der Waals surface area contributed by atoms with E-state index in [1.165, 1.54) is 17.7 Å². The monoisotopic (exact) mass is 405 g/mol. The fraction of sp³-hybridized carbons (Fsp3) is 0.304. The summed E-state index contributed by atoms with van der Waals surface area (Å²) in [5.41, 5.74) is 7.54. The molecule has 2 aromatic rings. The molecule has 0 spiro atoms. The van der Waals surface area contributed by atoms with E-state index in [2.05, 4.69) is 5.32 Å². The van der Waals surface area contributed by atoms with Gasteiger partial charge in [-0.1, -0.05) is 24.3 Å². The maximum absolute atomic E-state index is 13.1. The van der Waals surface area contributed by atoms with Gasteiger partial charge in [-0.3, -0.25) is 19.3 Å². The van der Waals surface area contributed by atoms with Crippen LogP contribution in [0.2, 0.25) is 0 Å². The molecule has 7 heteroatoms. The summed E-state index contributed by atoms with van der Waals surface area (Å²) in [7, 11) is 0. The van der Waals surface area contributed by atoms with E-state index >= 15 is 0 Å². The number of amides is 4. The number of aryl methyl sites for hydroxylation is 2. The number of primary amides is 1. The van der Waals surface area contributed by atoms with Gasteiger partial charge in [0.2, 0.25) is 5.91 Å². The van der Waals surface area contributed by atoms with Gasteiger partial charge in [0, 0.05) is 11.1 Å². The van der Waals surface area contributed by atoms with Crippen molar-refractivity contribution in [2.45, 2.75) is 38.1 Å². The molecule has 4 amide bonds. The standard InChI is InChI=1S/C23H23N3O4/c1-23(18-8-4-7-17(12-18)20(24)28)21(29)26(22(30)25-23)13-19(27)16-10-9-14-5-2-3-6-15(14)11-16/h4,7-12H,2-3,5-6,13H2,1H3,(H2,24,28)(H,25,30). The number of imide groups is 1. The van der Waals surface area contributed by atoms with Crippen molar-refractivity contribution in [2.75, 3.05) is 6.54 Å². The SMILES string of the molecule is CC1(c2cccc(C(N)=O)c2)NC(=O)N(CC(=O)c2ccc3c(c2)CCCC3)C1=O. The van der Waals surface area contributed by atoms with Crippen LogP contribution in [0, 0.1) is 0 Å². The van der Waals surface area contributed by atoms with E-state index in [0.717, 1.165) is 36.1 Å². The summed E-state index contributed by atoms with van der Waals surface area (Å²) in [6.07, 6.45) is 4.20. The predicted octanol–water partition coefficient (Wildman–Crippen LogP) is 2.31. The van der Waals surface area contributed by atoms with Crippen LogP contribution in [-0.2, 0) is 23.2 Å². The first-order valence-electron chi connectivity index (χ1n) is 9.99. The van der Waals surface area contributed by atoms with Crippen molar-refractivity contribution >= 4 is 23.6 Å². The first-order valence-corrected chi connectivity index (χ1v) is 9.99. The van der Waals surface area contributed by atoms with E-state index in [0.29, 0.717) is 11.1 Å². The van der Waals surface area contributed by atoms with Gasteiger partial charge >= 0.3 is 6.03 Å². The lowest BCUT2D eigenvalue weighted by Crippen LogP contribution is -2.41. The van der Waals surface area contributed by atoms with Crippen molar-refractivity contribution in [1.82, 2.24) is 10.2 Å². The predicted molar refractivity (Wildman–Crippen MR) is 110 cm³/mol. The minimum absolute atomic E-state index is 0.236. The number of nitrogens with zero attached hydrogens (tertiary/aromatic N) is 1. The molecule has 2 aromatic carbocycles. The van der Waals surface area contributed by atoms with Gasteiger partial charge < -0.3 is 11.1 Å². The Balaban J connectivity index is 1.56. The highest BCUT2D eigenvalue weighted by Crippen LogP contribution is 2.30. The molecular weight excluding hydrogens is 382 g/mol. The number of hydrogen-bond acceptors (Lipinski definition) is 4. The van der Waals surface area contributed by atoms with Crippen LogP contribution >= 0.6 is 0 Å². The second-order valence-electron chi connectivity index (χ2n) is 8.01. The Kier molecular flexibility index (Phi) is 4.89. The van der Waals surface area contributed by atoms with Crippen LogP contribution in [0.5, 0.6) is 0 Å². The quantitative estimate of drug-likeness (QED) is 0.587. The molecule has 1 aliphatic heterocycles. The number of urea groups is 1. The smallest absolute Gasteiger partial charge is 0.325 e. The van der Waals surface area contributed by atoms with Crippen LogP contribution in [0.4, 0.5) is 4.79 Å². The lowest BCUT2D eigenvalue weighted by Gasteiger charge is -2.22. The van der Waals surface area contributed by atoms with Crippen LogP contribution in [0.15, 0.2) is 42.5 Å². The average Bonchev–Trinajstić information content (AvgIpc) is 2.97. The zero-order valence-corrected chi connectivity index (χ0v) is 16.7. The fourth-order valence-electron chi connectivity index (χ4n) is 4.16. The molecule has 1 atom stereocenters. The molecule has 0 aromatic heterocycles. The summed E-state index contributed by atoms with van der Waals surface area (Å²) in [5.74, 6) is -1.46. The zero-order chi connectivity index (χ0) is 21.5. The second-order valence-corrected chi connectivity index (χ2v) is 8.01. The highest BCUT2D eigenvalue weighted by atomic mass is 16.2. The van der Waals surface area contributed by atoms with Gasteiger partial charge in [0.05, 0.1) is 6.54 Å². The number of fused-ring (bicyclic) bond motifs is 1. The summed E-state index contributed by atoms with van der Waals surface area (Å²) in [6.45, 7) is 1.21. The number of hydrogen-bond donors (Lipinski definition) is 2. The largest absolute Gasteiger partial charge is 0.366 e. The molecular formula is C23H23N3O4. The van der Waals surface area contributed by atoms with Gasteiger partial charge in [-0.25, -0.2) is 4.79 Å². The summed E-state index contributed by atoms with van der Waals surface area (Å²) < 4.78 is 0. The third-order valence-electron chi connectivity index (χ3n) is 5.97. The number of nitrogens with one attached hydrogen (secondary N) is 1. The maximum atomic E-state index is 13.1. The lowest BCUT2D eigenvalue weighted by atomic mass is 9.89. The van der Waals surface area contributed by atoms with Crippen molar-refractivity contribution in [1.29, 1.82) is 0 Å². The van der Waals surface area contributed by atoms with Gasteiger partial charge in [0.1, 0.15) is 5.54 Å². The Labute approximate surface area is 174 Å². The highest BCUT2D eigenvalue weighted by molar-refractivity contribution is 6.11. The number of ketones is 1. The molecule has 154 valence electrons.